The lowest BCUT2D eigenvalue weighted by Gasteiger charge is -2.31. The van der Waals surface area contributed by atoms with Crippen LogP contribution in [0.3, 0.4) is 0 Å². The van der Waals surface area contributed by atoms with Crippen LogP contribution in [0.2, 0.25) is 0 Å². The Kier molecular flexibility index (Phi) is 6.47. The van der Waals surface area contributed by atoms with Crippen LogP contribution in [0, 0.1) is 0 Å². The molecule has 0 aromatic heterocycles. The number of benzene rings is 2. The number of nitrogens with zero attached hydrogens (tertiary/aromatic N) is 1. The van der Waals surface area contributed by atoms with Gasteiger partial charge in [-0.15, -0.1) is 0 Å². The number of hydrogen-bond acceptors (Lipinski definition) is 3. The lowest BCUT2D eigenvalue weighted by Crippen LogP contribution is -2.43. The highest BCUT2D eigenvalue weighted by Gasteiger charge is 2.31. The molecule has 31 heavy (non-hydrogen) atoms. The van der Waals surface area contributed by atoms with Crippen LogP contribution >= 0.6 is 0 Å². The first-order chi connectivity index (χ1) is 14.7. The zero-order valence-corrected chi connectivity index (χ0v) is 19.0. The van der Waals surface area contributed by atoms with Crippen molar-refractivity contribution >= 4 is 0 Å². The lowest BCUT2D eigenvalue weighted by molar-refractivity contribution is -0.00346. The maximum atomic E-state index is 14.7. The van der Waals surface area contributed by atoms with Crippen LogP contribution in [0.4, 0.5) is 8.78 Å². The standard InChI is InChI=1S/C26H35F2N3/c1-25(2,3)22-8-10-23(11-9-22)26(27,28)18-30-14-19-6-7-20-16-31(17-21(20)13-19)24-5-4-12-29-15-24/h6-11,13,24,29-30H,4-5,12,14-18H2,1-3H3. The minimum absolute atomic E-state index is 0.0390. The smallest absolute Gasteiger partial charge is 0.285 e. The van der Waals surface area contributed by atoms with E-state index >= 15 is 0 Å². The van der Waals surface area contributed by atoms with Crippen molar-refractivity contribution in [3.63, 3.8) is 0 Å². The van der Waals surface area contributed by atoms with Crippen molar-refractivity contribution in [2.45, 2.75) is 70.6 Å². The van der Waals surface area contributed by atoms with Gasteiger partial charge in [-0.3, -0.25) is 4.90 Å². The highest BCUT2D eigenvalue weighted by Crippen LogP contribution is 2.31. The fourth-order valence-electron chi connectivity index (χ4n) is 4.67. The SMILES string of the molecule is CC(C)(C)c1ccc(C(F)(F)CNCc2ccc3c(c2)CN(C2CCCNC2)C3)cc1. The zero-order chi connectivity index (χ0) is 22.1. The summed E-state index contributed by atoms with van der Waals surface area (Å²) in [4.78, 5) is 2.55. The Morgan fingerprint density at radius 2 is 1.71 bits per heavy atom. The molecule has 4 rings (SSSR count). The van der Waals surface area contributed by atoms with Gasteiger partial charge in [-0.05, 0) is 47.1 Å². The number of rotatable bonds is 6. The summed E-state index contributed by atoms with van der Waals surface area (Å²) < 4.78 is 29.4. The number of halogens is 2. The van der Waals surface area contributed by atoms with Crippen LogP contribution in [0.1, 0.15) is 61.4 Å². The molecule has 2 aromatic carbocycles. The summed E-state index contributed by atoms with van der Waals surface area (Å²) >= 11 is 0. The second-order valence-corrected chi connectivity index (χ2v) is 10.1. The largest absolute Gasteiger partial charge is 0.315 e. The molecule has 168 valence electrons. The average molecular weight is 428 g/mol. The van der Waals surface area contributed by atoms with Gasteiger partial charge in [0.2, 0.25) is 0 Å². The van der Waals surface area contributed by atoms with Crippen molar-refractivity contribution < 1.29 is 8.78 Å². The quantitative estimate of drug-likeness (QED) is 0.684. The van der Waals surface area contributed by atoms with Gasteiger partial charge in [-0.25, -0.2) is 0 Å². The molecule has 0 bridgehead atoms. The van der Waals surface area contributed by atoms with Crippen LogP contribution in [0.15, 0.2) is 42.5 Å². The van der Waals surface area contributed by atoms with E-state index in [2.05, 4.69) is 54.5 Å². The average Bonchev–Trinajstić information content (AvgIpc) is 3.17. The van der Waals surface area contributed by atoms with Crippen molar-refractivity contribution in [2.24, 2.45) is 0 Å². The van der Waals surface area contributed by atoms with E-state index in [4.69, 9.17) is 0 Å². The molecule has 2 aromatic rings. The van der Waals surface area contributed by atoms with Crippen LogP contribution in [0.25, 0.3) is 0 Å². The monoisotopic (exact) mass is 427 g/mol. The van der Waals surface area contributed by atoms with E-state index in [1.54, 1.807) is 12.1 Å². The first kappa shape index (κ1) is 22.4. The minimum Gasteiger partial charge on any atom is -0.315 e. The molecule has 0 radical (unpaired) electrons. The highest BCUT2D eigenvalue weighted by molar-refractivity contribution is 5.35. The molecule has 2 aliphatic rings. The van der Waals surface area contributed by atoms with E-state index in [-0.39, 0.29) is 17.5 Å². The molecule has 3 nitrogen and oxygen atoms in total. The Balaban J connectivity index is 1.32. The van der Waals surface area contributed by atoms with E-state index in [1.807, 2.05) is 12.1 Å². The number of hydrogen-bond donors (Lipinski definition) is 2. The second-order valence-electron chi connectivity index (χ2n) is 10.1. The van der Waals surface area contributed by atoms with E-state index in [9.17, 15) is 8.78 Å². The summed E-state index contributed by atoms with van der Waals surface area (Å²) in [5.74, 6) is -2.89. The summed E-state index contributed by atoms with van der Waals surface area (Å²) in [6, 6.07) is 13.8. The van der Waals surface area contributed by atoms with Gasteiger partial charge in [0.05, 0.1) is 6.54 Å². The molecule has 1 fully saturated rings. The number of nitrogens with one attached hydrogen (secondary N) is 2. The fraction of sp³-hybridized carbons (Fsp3) is 0.538. The molecule has 0 aliphatic carbocycles. The first-order valence-corrected chi connectivity index (χ1v) is 11.5. The van der Waals surface area contributed by atoms with Gasteiger partial charge in [-0.2, -0.15) is 8.78 Å². The summed E-state index contributed by atoms with van der Waals surface area (Å²) in [6.45, 7) is 10.5. The Morgan fingerprint density at radius 3 is 2.39 bits per heavy atom. The van der Waals surface area contributed by atoms with Gasteiger partial charge in [0.1, 0.15) is 0 Å². The summed E-state index contributed by atoms with van der Waals surface area (Å²) in [5.41, 5.74) is 4.88. The van der Waals surface area contributed by atoms with Crippen molar-refractivity contribution in [1.29, 1.82) is 0 Å². The van der Waals surface area contributed by atoms with Crippen molar-refractivity contribution in [2.75, 3.05) is 19.6 Å². The molecule has 2 heterocycles. The third kappa shape index (κ3) is 5.33. The molecule has 0 spiro atoms. The van der Waals surface area contributed by atoms with E-state index in [1.165, 1.54) is 24.0 Å². The van der Waals surface area contributed by atoms with Crippen molar-refractivity contribution in [3.05, 3.63) is 70.3 Å². The highest BCUT2D eigenvalue weighted by atomic mass is 19.3. The molecular formula is C26H35F2N3. The van der Waals surface area contributed by atoms with Crippen LogP contribution in [-0.2, 0) is 31.0 Å². The zero-order valence-electron chi connectivity index (χ0n) is 19.0. The topological polar surface area (TPSA) is 27.3 Å². The van der Waals surface area contributed by atoms with Gasteiger partial charge < -0.3 is 10.6 Å². The van der Waals surface area contributed by atoms with Crippen molar-refractivity contribution in [3.8, 4) is 0 Å². The van der Waals surface area contributed by atoms with Crippen LogP contribution < -0.4 is 10.6 Å². The lowest BCUT2D eigenvalue weighted by atomic mass is 9.86. The van der Waals surface area contributed by atoms with E-state index in [0.717, 1.165) is 37.3 Å². The summed E-state index contributed by atoms with van der Waals surface area (Å²) in [6.07, 6.45) is 2.49. The van der Waals surface area contributed by atoms with E-state index < -0.39 is 5.92 Å². The second kappa shape index (κ2) is 8.97. The van der Waals surface area contributed by atoms with Crippen LogP contribution in [-0.4, -0.2) is 30.6 Å². The Hall–Kier alpha value is -1.82. The Labute approximate surface area is 185 Å². The van der Waals surface area contributed by atoms with Crippen LogP contribution in [0.5, 0.6) is 0 Å². The third-order valence-electron chi connectivity index (χ3n) is 6.65. The molecule has 0 saturated carbocycles. The maximum Gasteiger partial charge on any atom is 0.285 e. The fourth-order valence-corrected chi connectivity index (χ4v) is 4.67. The molecule has 5 heteroatoms. The number of alkyl halides is 2. The number of fused-ring (bicyclic) bond motifs is 1. The van der Waals surface area contributed by atoms with Gasteiger partial charge in [0.25, 0.3) is 5.92 Å². The molecule has 0 amide bonds. The van der Waals surface area contributed by atoms with Crippen molar-refractivity contribution in [1.82, 2.24) is 15.5 Å². The van der Waals surface area contributed by atoms with Gasteiger partial charge in [0.15, 0.2) is 0 Å². The normalized spacial score (nSPS) is 20.1. The molecule has 1 unspecified atom stereocenters. The number of piperidine rings is 1. The van der Waals surface area contributed by atoms with Gasteiger partial charge in [-0.1, -0.05) is 63.2 Å². The summed E-state index contributed by atoms with van der Waals surface area (Å²) in [7, 11) is 0. The molecule has 2 aliphatic heterocycles. The maximum absolute atomic E-state index is 14.7. The third-order valence-corrected chi connectivity index (χ3v) is 6.65. The molecule has 1 atom stereocenters. The first-order valence-electron chi connectivity index (χ1n) is 11.5. The Bertz CT molecular complexity index is 881. The predicted molar refractivity (Wildman–Crippen MR) is 122 cm³/mol. The molecular weight excluding hydrogens is 392 g/mol. The minimum atomic E-state index is -2.89. The van der Waals surface area contributed by atoms with Gasteiger partial charge >= 0.3 is 0 Å². The molecule has 1 saturated heterocycles. The van der Waals surface area contributed by atoms with Gasteiger partial charge in [0, 0.05) is 37.8 Å². The predicted octanol–water partition coefficient (Wildman–Crippen LogP) is 4.93. The Morgan fingerprint density at radius 1 is 1.00 bits per heavy atom. The molecule has 2 N–H and O–H groups in total. The van der Waals surface area contributed by atoms with E-state index in [0.29, 0.717) is 12.6 Å². The summed E-state index contributed by atoms with van der Waals surface area (Å²) in [5, 5.41) is 6.47.